The van der Waals surface area contributed by atoms with Crippen molar-refractivity contribution in [2.75, 3.05) is 13.1 Å². The molecule has 0 saturated carbocycles. The van der Waals surface area contributed by atoms with Gasteiger partial charge in [0.1, 0.15) is 0 Å². The monoisotopic (exact) mass is 337 g/mol. The van der Waals surface area contributed by atoms with Crippen molar-refractivity contribution in [1.29, 1.82) is 0 Å². The molecule has 0 atom stereocenters. The fourth-order valence-corrected chi connectivity index (χ4v) is 3.33. The predicted octanol–water partition coefficient (Wildman–Crippen LogP) is 2.80. The number of carbonyl (C=O) groups excluding carboxylic acids is 2. The van der Waals surface area contributed by atoms with Crippen molar-refractivity contribution >= 4 is 22.7 Å². The van der Waals surface area contributed by atoms with Gasteiger partial charge in [0.2, 0.25) is 0 Å². The maximum atomic E-state index is 12.6. The fourth-order valence-electron chi connectivity index (χ4n) is 3.33. The minimum Gasteiger partial charge on any atom is -0.459 e. The molecule has 128 valence electrons. The van der Waals surface area contributed by atoms with Gasteiger partial charge in [0.25, 0.3) is 11.8 Å². The van der Waals surface area contributed by atoms with Crippen molar-refractivity contribution in [3.05, 3.63) is 60.2 Å². The third-order valence-corrected chi connectivity index (χ3v) is 4.69. The van der Waals surface area contributed by atoms with E-state index in [9.17, 15) is 9.59 Å². The van der Waals surface area contributed by atoms with Gasteiger partial charge >= 0.3 is 0 Å². The van der Waals surface area contributed by atoms with E-state index in [-0.39, 0.29) is 17.9 Å². The Hall–Kier alpha value is -3.02. The van der Waals surface area contributed by atoms with E-state index < -0.39 is 0 Å². The molecule has 6 heteroatoms. The third-order valence-electron chi connectivity index (χ3n) is 4.69. The second kappa shape index (κ2) is 6.47. The SMILES string of the molecule is O=C(NC1CCN(C(=O)c2ccco2)CC1)c1cccc2[nH]ccc12. The van der Waals surface area contributed by atoms with Crippen LogP contribution >= 0.6 is 0 Å². The molecule has 0 bridgehead atoms. The fraction of sp³-hybridized carbons (Fsp3) is 0.263. The molecule has 3 aromatic rings. The maximum Gasteiger partial charge on any atom is 0.289 e. The van der Waals surface area contributed by atoms with E-state index in [2.05, 4.69) is 10.3 Å². The van der Waals surface area contributed by atoms with Gasteiger partial charge in [-0.25, -0.2) is 0 Å². The van der Waals surface area contributed by atoms with Crippen LogP contribution in [0.15, 0.2) is 53.3 Å². The number of hydrogen-bond donors (Lipinski definition) is 2. The average Bonchev–Trinajstić information content (AvgIpc) is 3.33. The Morgan fingerprint density at radius 1 is 1.12 bits per heavy atom. The highest BCUT2D eigenvalue weighted by atomic mass is 16.3. The molecule has 25 heavy (non-hydrogen) atoms. The van der Waals surface area contributed by atoms with Gasteiger partial charge in [0.05, 0.1) is 6.26 Å². The summed E-state index contributed by atoms with van der Waals surface area (Å²) in [7, 11) is 0. The molecule has 1 fully saturated rings. The first-order valence-corrected chi connectivity index (χ1v) is 8.42. The lowest BCUT2D eigenvalue weighted by atomic mass is 10.0. The number of piperidine rings is 1. The summed E-state index contributed by atoms with van der Waals surface area (Å²) < 4.78 is 5.17. The summed E-state index contributed by atoms with van der Waals surface area (Å²) in [5, 5.41) is 4.02. The van der Waals surface area contributed by atoms with Gasteiger partial charge < -0.3 is 19.6 Å². The van der Waals surface area contributed by atoms with E-state index in [1.165, 1.54) is 6.26 Å². The molecule has 0 spiro atoms. The van der Waals surface area contributed by atoms with Crippen LogP contribution in [0.4, 0.5) is 0 Å². The third kappa shape index (κ3) is 3.03. The van der Waals surface area contributed by atoms with E-state index in [1.54, 1.807) is 17.0 Å². The Morgan fingerprint density at radius 3 is 2.72 bits per heavy atom. The van der Waals surface area contributed by atoms with Crippen molar-refractivity contribution < 1.29 is 14.0 Å². The Balaban J connectivity index is 1.38. The number of nitrogens with one attached hydrogen (secondary N) is 2. The normalized spacial score (nSPS) is 15.4. The number of carbonyl (C=O) groups is 2. The molecular weight excluding hydrogens is 318 g/mol. The van der Waals surface area contributed by atoms with Gasteiger partial charge in [0.15, 0.2) is 5.76 Å². The maximum absolute atomic E-state index is 12.6. The number of furan rings is 1. The topological polar surface area (TPSA) is 78.3 Å². The second-order valence-corrected chi connectivity index (χ2v) is 6.26. The molecule has 1 aliphatic rings. The highest BCUT2D eigenvalue weighted by Gasteiger charge is 2.26. The molecule has 0 radical (unpaired) electrons. The first-order valence-electron chi connectivity index (χ1n) is 8.42. The molecular formula is C19H19N3O3. The van der Waals surface area contributed by atoms with Crippen molar-refractivity contribution in [3.63, 3.8) is 0 Å². The lowest BCUT2D eigenvalue weighted by molar-refractivity contribution is 0.0667. The minimum atomic E-state index is -0.0909. The Morgan fingerprint density at radius 2 is 1.96 bits per heavy atom. The first kappa shape index (κ1) is 15.5. The molecule has 1 saturated heterocycles. The van der Waals surface area contributed by atoms with E-state index >= 15 is 0 Å². The summed E-state index contributed by atoms with van der Waals surface area (Å²) in [6.07, 6.45) is 4.81. The number of aromatic amines is 1. The number of hydrogen-bond acceptors (Lipinski definition) is 3. The van der Waals surface area contributed by atoms with Crippen molar-refractivity contribution in [1.82, 2.24) is 15.2 Å². The summed E-state index contributed by atoms with van der Waals surface area (Å²) >= 11 is 0. The summed E-state index contributed by atoms with van der Waals surface area (Å²) in [4.78, 5) is 29.8. The second-order valence-electron chi connectivity index (χ2n) is 6.26. The molecule has 2 amide bonds. The number of rotatable bonds is 3. The summed E-state index contributed by atoms with van der Waals surface area (Å²) in [6, 6.07) is 11.0. The number of amides is 2. The molecule has 2 N–H and O–H groups in total. The molecule has 2 aromatic heterocycles. The van der Waals surface area contributed by atoms with Gasteiger partial charge in [-0.2, -0.15) is 0 Å². The summed E-state index contributed by atoms with van der Waals surface area (Å²) in [6.45, 7) is 1.22. The molecule has 0 unspecified atom stereocenters. The first-order chi connectivity index (χ1) is 12.2. The van der Waals surface area contributed by atoms with Crippen LogP contribution in [0.2, 0.25) is 0 Å². The molecule has 1 aliphatic heterocycles. The van der Waals surface area contributed by atoms with Gasteiger partial charge in [0, 0.05) is 41.8 Å². The lowest BCUT2D eigenvalue weighted by Crippen LogP contribution is -2.46. The van der Waals surface area contributed by atoms with Crippen molar-refractivity contribution in [2.45, 2.75) is 18.9 Å². The van der Waals surface area contributed by atoms with Crippen LogP contribution in [0, 0.1) is 0 Å². The number of benzene rings is 1. The summed E-state index contributed by atoms with van der Waals surface area (Å²) in [5.74, 6) is 0.203. The van der Waals surface area contributed by atoms with Crippen LogP contribution in [0.3, 0.4) is 0 Å². The van der Waals surface area contributed by atoms with Crippen molar-refractivity contribution in [2.24, 2.45) is 0 Å². The van der Waals surface area contributed by atoms with Crippen molar-refractivity contribution in [3.8, 4) is 0 Å². The van der Waals surface area contributed by atoms with Crippen LogP contribution in [0.5, 0.6) is 0 Å². The molecule has 0 aliphatic carbocycles. The Bertz CT molecular complexity index is 890. The summed E-state index contributed by atoms with van der Waals surface area (Å²) in [5.41, 5.74) is 1.62. The number of nitrogens with zero attached hydrogens (tertiary/aromatic N) is 1. The predicted molar refractivity (Wildman–Crippen MR) is 93.4 cm³/mol. The largest absolute Gasteiger partial charge is 0.459 e. The van der Waals surface area contributed by atoms with Crippen LogP contribution < -0.4 is 5.32 Å². The number of likely N-dealkylation sites (tertiary alicyclic amines) is 1. The van der Waals surface area contributed by atoms with Gasteiger partial charge in [-0.1, -0.05) is 6.07 Å². The average molecular weight is 337 g/mol. The smallest absolute Gasteiger partial charge is 0.289 e. The van der Waals surface area contributed by atoms with E-state index in [0.717, 1.165) is 23.7 Å². The van der Waals surface area contributed by atoms with Gasteiger partial charge in [-0.15, -0.1) is 0 Å². The molecule has 4 rings (SSSR count). The van der Waals surface area contributed by atoms with E-state index in [1.807, 2.05) is 30.5 Å². The zero-order valence-corrected chi connectivity index (χ0v) is 13.7. The van der Waals surface area contributed by atoms with Crippen LogP contribution in [0.1, 0.15) is 33.8 Å². The highest BCUT2D eigenvalue weighted by molar-refractivity contribution is 6.06. The number of fused-ring (bicyclic) bond motifs is 1. The lowest BCUT2D eigenvalue weighted by Gasteiger charge is -2.32. The van der Waals surface area contributed by atoms with E-state index in [4.69, 9.17) is 4.42 Å². The zero-order chi connectivity index (χ0) is 17.2. The quantitative estimate of drug-likeness (QED) is 0.771. The number of H-pyrrole nitrogens is 1. The van der Waals surface area contributed by atoms with E-state index in [0.29, 0.717) is 24.4 Å². The standard InChI is InChI=1S/C19H19N3O3/c23-18(15-3-1-4-16-14(15)6-9-20-16)21-13-7-10-22(11-8-13)19(24)17-5-2-12-25-17/h1-6,9,12-13,20H,7-8,10-11H2,(H,21,23). The van der Waals surface area contributed by atoms with Crippen LogP contribution in [0.25, 0.3) is 10.9 Å². The Kier molecular flexibility index (Phi) is 4.01. The van der Waals surface area contributed by atoms with Crippen LogP contribution in [-0.4, -0.2) is 40.8 Å². The Labute approximate surface area is 144 Å². The minimum absolute atomic E-state index is 0.0685. The molecule has 3 heterocycles. The van der Waals surface area contributed by atoms with Gasteiger partial charge in [-0.05, 0) is 43.2 Å². The molecule has 1 aromatic carbocycles. The highest BCUT2D eigenvalue weighted by Crippen LogP contribution is 2.19. The zero-order valence-electron chi connectivity index (χ0n) is 13.7. The number of aromatic nitrogens is 1. The van der Waals surface area contributed by atoms with Gasteiger partial charge in [-0.3, -0.25) is 9.59 Å². The molecule has 6 nitrogen and oxygen atoms in total. The van der Waals surface area contributed by atoms with Crippen LogP contribution in [-0.2, 0) is 0 Å².